The summed E-state index contributed by atoms with van der Waals surface area (Å²) in [7, 11) is 0. The molecule has 0 bridgehead atoms. The number of hydrogen-bond acceptors (Lipinski definition) is 3. The van der Waals surface area contributed by atoms with Gasteiger partial charge in [0, 0.05) is 50.4 Å². The molecule has 0 aromatic heterocycles. The fourth-order valence-corrected chi connectivity index (χ4v) is 3.62. The zero-order chi connectivity index (χ0) is 19.5. The number of amides is 2. The second-order valence-corrected chi connectivity index (χ2v) is 7.38. The first-order valence-electron chi connectivity index (χ1n) is 10.6. The predicted octanol–water partition coefficient (Wildman–Crippen LogP) is 4.43. The van der Waals surface area contributed by atoms with Gasteiger partial charge in [0.25, 0.3) is 0 Å². The minimum absolute atomic E-state index is 0.0175. The van der Waals surface area contributed by atoms with E-state index in [1.54, 1.807) is 0 Å². The topological polar surface area (TPSA) is 52.7 Å². The summed E-state index contributed by atoms with van der Waals surface area (Å²) in [5, 5.41) is 2.98. The highest BCUT2D eigenvalue weighted by Gasteiger charge is 2.14. The van der Waals surface area contributed by atoms with Crippen LogP contribution < -0.4 is 10.2 Å². The van der Waals surface area contributed by atoms with E-state index in [1.807, 2.05) is 17.0 Å². The number of benzene rings is 1. The highest BCUT2D eigenvalue weighted by molar-refractivity contribution is 5.91. The number of carbonyl (C=O) groups is 2. The molecule has 0 unspecified atom stereocenters. The van der Waals surface area contributed by atoms with Gasteiger partial charge in [0.1, 0.15) is 0 Å². The van der Waals surface area contributed by atoms with Crippen molar-refractivity contribution in [1.29, 1.82) is 0 Å². The molecule has 150 valence electrons. The van der Waals surface area contributed by atoms with Crippen molar-refractivity contribution in [2.45, 2.75) is 65.2 Å². The molecule has 0 spiro atoms. The Morgan fingerprint density at radius 2 is 1.74 bits per heavy atom. The van der Waals surface area contributed by atoms with Crippen LogP contribution in [0.4, 0.5) is 11.4 Å². The van der Waals surface area contributed by atoms with Crippen molar-refractivity contribution in [3.8, 4) is 0 Å². The summed E-state index contributed by atoms with van der Waals surface area (Å²) in [5.41, 5.74) is 2.02. The molecule has 0 aliphatic carbocycles. The van der Waals surface area contributed by atoms with E-state index in [0.29, 0.717) is 19.3 Å². The molecular weight excluding hydrogens is 338 g/mol. The maximum Gasteiger partial charge on any atom is 0.224 e. The third-order valence-electron chi connectivity index (χ3n) is 4.99. The quantitative estimate of drug-likeness (QED) is 0.660. The molecule has 1 aliphatic rings. The molecule has 1 aromatic rings. The lowest BCUT2D eigenvalue weighted by Crippen LogP contribution is -2.32. The molecule has 1 saturated heterocycles. The van der Waals surface area contributed by atoms with Crippen LogP contribution in [-0.2, 0) is 9.59 Å². The summed E-state index contributed by atoms with van der Waals surface area (Å²) in [6.07, 6.45) is 7.14. The summed E-state index contributed by atoms with van der Waals surface area (Å²) in [6.45, 7) is 7.96. The standard InChI is InChI=1S/C22H35N3O2/c1-3-14-25(15-4-2)22(27)13-9-12-21(26)23-19-10-8-11-20(18-19)24-16-6-5-7-17-24/h8,10-11,18H,3-7,9,12-17H2,1-2H3,(H,23,26). The van der Waals surface area contributed by atoms with Crippen LogP contribution in [0.5, 0.6) is 0 Å². The van der Waals surface area contributed by atoms with Crippen LogP contribution in [0, 0.1) is 0 Å². The van der Waals surface area contributed by atoms with Gasteiger partial charge in [-0.2, -0.15) is 0 Å². The van der Waals surface area contributed by atoms with E-state index in [2.05, 4.69) is 36.2 Å². The molecule has 1 aromatic carbocycles. The Morgan fingerprint density at radius 1 is 1.04 bits per heavy atom. The number of hydrogen-bond donors (Lipinski definition) is 1. The van der Waals surface area contributed by atoms with E-state index in [9.17, 15) is 9.59 Å². The monoisotopic (exact) mass is 373 g/mol. The molecule has 5 heteroatoms. The van der Waals surface area contributed by atoms with Crippen LogP contribution in [0.3, 0.4) is 0 Å². The predicted molar refractivity (Wildman–Crippen MR) is 112 cm³/mol. The highest BCUT2D eigenvalue weighted by atomic mass is 16.2. The maximum absolute atomic E-state index is 12.3. The number of piperidine rings is 1. The average Bonchev–Trinajstić information content (AvgIpc) is 2.68. The molecule has 1 heterocycles. The second-order valence-electron chi connectivity index (χ2n) is 7.38. The van der Waals surface area contributed by atoms with Gasteiger partial charge in [0.15, 0.2) is 0 Å². The molecule has 27 heavy (non-hydrogen) atoms. The molecule has 1 aliphatic heterocycles. The van der Waals surface area contributed by atoms with E-state index >= 15 is 0 Å². The summed E-state index contributed by atoms with van der Waals surface area (Å²) in [5.74, 6) is 0.148. The Bertz CT molecular complexity index is 591. The molecule has 1 N–H and O–H groups in total. The summed E-state index contributed by atoms with van der Waals surface area (Å²) < 4.78 is 0. The first kappa shape index (κ1) is 21.3. The SMILES string of the molecule is CCCN(CCC)C(=O)CCCC(=O)Nc1cccc(N2CCCCC2)c1. The van der Waals surface area contributed by atoms with E-state index in [1.165, 1.54) is 24.9 Å². The summed E-state index contributed by atoms with van der Waals surface area (Å²) in [6, 6.07) is 8.09. The van der Waals surface area contributed by atoms with Crippen molar-refractivity contribution >= 4 is 23.2 Å². The number of rotatable bonds is 10. The first-order valence-corrected chi connectivity index (χ1v) is 10.6. The van der Waals surface area contributed by atoms with Crippen molar-refractivity contribution in [2.24, 2.45) is 0 Å². The maximum atomic E-state index is 12.3. The lowest BCUT2D eigenvalue weighted by molar-refractivity contribution is -0.131. The van der Waals surface area contributed by atoms with Gasteiger partial charge in [-0.3, -0.25) is 9.59 Å². The van der Waals surface area contributed by atoms with E-state index in [0.717, 1.165) is 44.7 Å². The zero-order valence-corrected chi connectivity index (χ0v) is 17.0. The normalized spacial score (nSPS) is 14.1. The fourth-order valence-electron chi connectivity index (χ4n) is 3.62. The van der Waals surface area contributed by atoms with Crippen LogP contribution in [0.2, 0.25) is 0 Å². The van der Waals surface area contributed by atoms with Gasteiger partial charge in [-0.05, 0) is 56.7 Å². The Hall–Kier alpha value is -2.04. The van der Waals surface area contributed by atoms with Gasteiger partial charge in [-0.15, -0.1) is 0 Å². The van der Waals surface area contributed by atoms with E-state index in [-0.39, 0.29) is 11.8 Å². The number of nitrogens with zero attached hydrogens (tertiary/aromatic N) is 2. The number of anilines is 2. The Balaban J connectivity index is 1.77. The van der Waals surface area contributed by atoms with E-state index in [4.69, 9.17) is 0 Å². The Labute approximate surface area is 164 Å². The van der Waals surface area contributed by atoms with Crippen molar-refractivity contribution in [3.63, 3.8) is 0 Å². The summed E-state index contributed by atoms with van der Waals surface area (Å²) in [4.78, 5) is 28.8. The van der Waals surface area contributed by atoms with Crippen molar-refractivity contribution in [3.05, 3.63) is 24.3 Å². The molecule has 2 amide bonds. The van der Waals surface area contributed by atoms with E-state index < -0.39 is 0 Å². The smallest absolute Gasteiger partial charge is 0.224 e. The Morgan fingerprint density at radius 3 is 2.41 bits per heavy atom. The molecule has 0 radical (unpaired) electrons. The molecule has 0 atom stereocenters. The third-order valence-corrected chi connectivity index (χ3v) is 4.99. The zero-order valence-electron chi connectivity index (χ0n) is 17.0. The van der Waals surface area contributed by atoms with Crippen molar-refractivity contribution in [2.75, 3.05) is 36.4 Å². The molecular formula is C22H35N3O2. The molecule has 2 rings (SSSR count). The number of carbonyl (C=O) groups excluding carboxylic acids is 2. The molecule has 5 nitrogen and oxygen atoms in total. The lowest BCUT2D eigenvalue weighted by Gasteiger charge is -2.29. The van der Waals surface area contributed by atoms with Gasteiger partial charge in [0.2, 0.25) is 11.8 Å². The fraction of sp³-hybridized carbons (Fsp3) is 0.636. The van der Waals surface area contributed by atoms with Gasteiger partial charge in [-0.25, -0.2) is 0 Å². The summed E-state index contributed by atoms with van der Waals surface area (Å²) >= 11 is 0. The van der Waals surface area contributed by atoms with Gasteiger partial charge >= 0.3 is 0 Å². The lowest BCUT2D eigenvalue weighted by atomic mass is 10.1. The Kier molecular flexibility index (Phi) is 9.16. The third kappa shape index (κ3) is 7.24. The van der Waals surface area contributed by atoms with Crippen molar-refractivity contribution < 1.29 is 9.59 Å². The van der Waals surface area contributed by atoms with Crippen LogP contribution >= 0.6 is 0 Å². The van der Waals surface area contributed by atoms with Crippen LogP contribution in [-0.4, -0.2) is 42.9 Å². The number of nitrogens with one attached hydrogen (secondary N) is 1. The minimum atomic E-state index is -0.0175. The minimum Gasteiger partial charge on any atom is -0.371 e. The largest absolute Gasteiger partial charge is 0.371 e. The molecule has 1 fully saturated rings. The van der Waals surface area contributed by atoms with Gasteiger partial charge in [0.05, 0.1) is 0 Å². The van der Waals surface area contributed by atoms with Crippen molar-refractivity contribution in [1.82, 2.24) is 4.90 Å². The molecule has 0 saturated carbocycles. The van der Waals surface area contributed by atoms with Crippen LogP contribution in [0.1, 0.15) is 65.2 Å². The van der Waals surface area contributed by atoms with Gasteiger partial charge < -0.3 is 15.1 Å². The highest BCUT2D eigenvalue weighted by Crippen LogP contribution is 2.23. The average molecular weight is 374 g/mol. The van der Waals surface area contributed by atoms with Gasteiger partial charge in [-0.1, -0.05) is 19.9 Å². The first-order chi connectivity index (χ1) is 13.1. The second kappa shape index (κ2) is 11.6. The van der Waals surface area contributed by atoms with Crippen LogP contribution in [0.25, 0.3) is 0 Å². The van der Waals surface area contributed by atoms with Crippen LogP contribution in [0.15, 0.2) is 24.3 Å².